The Kier molecular flexibility index (Phi) is 2.71. The average Bonchev–Trinajstić information content (AvgIpc) is 2.84. The van der Waals surface area contributed by atoms with Crippen LogP contribution in [0.1, 0.15) is 0 Å². The molecule has 0 aliphatic carbocycles. The van der Waals surface area contributed by atoms with Gasteiger partial charge in [0.05, 0.1) is 17.4 Å². The van der Waals surface area contributed by atoms with Gasteiger partial charge >= 0.3 is 0 Å². The number of para-hydroxylation sites is 1. The molecule has 0 N–H and O–H groups in total. The van der Waals surface area contributed by atoms with Crippen LogP contribution in [-0.2, 0) is 7.05 Å². The molecule has 3 aromatic rings. The summed E-state index contributed by atoms with van der Waals surface area (Å²) >= 11 is 0. The molecule has 2 aromatic heterocycles. The Hall–Kier alpha value is -2.36. The van der Waals surface area contributed by atoms with Gasteiger partial charge in [-0.2, -0.15) is 5.10 Å². The fourth-order valence-electron chi connectivity index (χ4n) is 2.23. The molecule has 0 bridgehead atoms. The number of rotatable bonds is 2. The second-order valence-electron chi connectivity index (χ2n) is 4.84. The second-order valence-corrected chi connectivity index (χ2v) is 4.84. The molecule has 0 unspecified atom stereocenters. The van der Waals surface area contributed by atoms with Gasteiger partial charge in [0, 0.05) is 44.0 Å². The van der Waals surface area contributed by atoms with Gasteiger partial charge in [-0.3, -0.25) is 4.68 Å². The fraction of sp³-hybridized carbons (Fsp3) is 0.200. The topological polar surface area (TPSA) is 34.0 Å². The van der Waals surface area contributed by atoms with Gasteiger partial charge in [-0.1, -0.05) is 18.2 Å². The molecular formula is C15H16N4. The highest BCUT2D eigenvalue weighted by atomic mass is 15.2. The molecule has 0 fully saturated rings. The number of hydrogen-bond acceptors (Lipinski definition) is 3. The van der Waals surface area contributed by atoms with Crippen LogP contribution in [0.25, 0.3) is 22.2 Å². The molecule has 0 atom stereocenters. The van der Waals surface area contributed by atoms with Crippen LogP contribution < -0.4 is 4.90 Å². The Bertz CT molecular complexity index is 728. The normalized spacial score (nSPS) is 10.9. The van der Waals surface area contributed by atoms with Crippen LogP contribution in [0.5, 0.6) is 0 Å². The van der Waals surface area contributed by atoms with Crippen molar-refractivity contribution in [2.45, 2.75) is 0 Å². The second kappa shape index (κ2) is 4.39. The van der Waals surface area contributed by atoms with Crippen LogP contribution in [0.2, 0.25) is 0 Å². The molecule has 19 heavy (non-hydrogen) atoms. The van der Waals surface area contributed by atoms with Crippen molar-refractivity contribution in [2.24, 2.45) is 7.05 Å². The van der Waals surface area contributed by atoms with Crippen molar-refractivity contribution >= 4 is 16.6 Å². The van der Waals surface area contributed by atoms with E-state index in [0.29, 0.717) is 0 Å². The van der Waals surface area contributed by atoms with Crippen LogP contribution in [0, 0.1) is 0 Å². The van der Waals surface area contributed by atoms with E-state index in [-0.39, 0.29) is 0 Å². The van der Waals surface area contributed by atoms with Crippen molar-refractivity contribution < 1.29 is 0 Å². The number of anilines is 1. The summed E-state index contributed by atoms with van der Waals surface area (Å²) in [6.07, 6.45) is 3.83. The number of fused-ring (bicyclic) bond motifs is 1. The first-order chi connectivity index (χ1) is 9.15. The third-order valence-electron chi connectivity index (χ3n) is 3.18. The first kappa shape index (κ1) is 11.7. The van der Waals surface area contributed by atoms with E-state index in [4.69, 9.17) is 4.98 Å². The van der Waals surface area contributed by atoms with Crippen LogP contribution in [-0.4, -0.2) is 28.9 Å². The van der Waals surface area contributed by atoms with Crippen molar-refractivity contribution in [3.8, 4) is 11.3 Å². The van der Waals surface area contributed by atoms with E-state index in [2.05, 4.69) is 36.2 Å². The zero-order valence-corrected chi connectivity index (χ0v) is 11.3. The largest absolute Gasteiger partial charge is 0.377 e. The first-order valence-corrected chi connectivity index (χ1v) is 6.21. The van der Waals surface area contributed by atoms with Crippen molar-refractivity contribution in [2.75, 3.05) is 19.0 Å². The molecule has 96 valence electrons. The van der Waals surface area contributed by atoms with E-state index >= 15 is 0 Å². The summed E-state index contributed by atoms with van der Waals surface area (Å²) in [4.78, 5) is 6.84. The molecule has 4 heteroatoms. The maximum atomic E-state index is 4.72. The minimum Gasteiger partial charge on any atom is -0.377 e. The molecule has 4 nitrogen and oxygen atoms in total. The Morgan fingerprint density at radius 1 is 1.16 bits per heavy atom. The standard InChI is InChI=1S/C15H16N4/c1-18(2)15-8-14(11-9-16-19(3)10-11)17-13-7-5-4-6-12(13)15/h4-10H,1-3H3. The lowest BCUT2D eigenvalue weighted by atomic mass is 10.1. The van der Waals surface area contributed by atoms with E-state index in [1.165, 1.54) is 11.1 Å². The van der Waals surface area contributed by atoms with Crippen LogP contribution >= 0.6 is 0 Å². The van der Waals surface area contributed by atoms with Gasteiger partial charge in [0.1, 0.15) is 0 Å². The monoisotopic (exact) mass is 252 g/mol. The van der Waals surface area contributed by atoms with E-state index in [1.54, 1.807) is 4.68 Å². The molecule has 3 rings (SSSR count). The van der Waals surface area contributed by atoms with E-state index in [9.17, 15) is 0 Å². The van der Waals surface area contributed by atoms with Gasteiger partial charge in [0.2, 0.25) is 0 Å². The van der Waals surface area contributed by atoms with E-state index < -0.39 is 0 Å². The van der Waals surface area contributed by atoms with E-state index in [1.807, 2.05) is 37.6 Å². The summed E-state index contributed by atoms with van der Waals surface area (Å²) in [6.45, 7) is 0. The minimum atomic E-state index is 0.954. The molecule has 0 aliphatic rings. The molecule has 1 aromatic carbocycles. The number of pyridine rings is 1. The lowest BCUT2D eigenvalue weighted by molar-refractivity contribution is 0.768. The van der Waals surface area contributed by atoms with Crippen molar-refractivity contribution in [1.29, 1.82) is 0 Å². The zero-order valence-electron chi connectivity index (χ0n) is 11.3. The molecule has 2 heterocycles. The van der Waals surface area contributed by atoms with Gasteiger partial charge in [0.15, 0.2) is 0 Å². The molecular weight excluding hydrogens is 236 g/mol. The molecule has 0 spiro atoms. The SMILES string of the molecule is CN(C)c1cc(-c2cnn(C)c2)nc2ccccc12. The van der Waals surface area contributed by atoms with Gasteiger partial charge in [-0.15, -0.1) is 0 Å². The zero-order chi connectivity index (χ0) is 13.4. The number of hydrogen-bond donors (Lipinski definition) is 0. The number of benzene rings is 1. The van der Waals surface area contributed by atoms with E-state index in [0.717, 1.165) is 16.8 Å². The summed E-state index contributed by atoms with van der Waals surface area (Å²) in [5.41, 5.74) is 4.17. The van der Waals surface area contributed by atoms with Gasteiger partial charge in [-0.05, 0) is 12.1 Å². The Morgan fingerprint density at radius 3 is 2.63 bits per heavy atom. The third kappa shape index (κ3) is 2.05. The minimum absolute atomic E-state index is 0.954. The summed E-state index contributed by atoms with van der Waals surface area (Å²) in [6, 6.07) is 10.3. The number of aryl methyl sites for hydroxylation is 1. The Morgan fingerprint density at radius 2 is 1.95 bits per heavy atom. The van der Waals surface area contributed by atoms with Crippen LogP contribution in [0.4, 0.5) is 5.69 Å². The maximum Gasteiger partial charge on any atom is 0.0761 e. The van der Waals surface area contributed by atoms with Crippen molar-refractivity contribution in [3.05, 3.63) is 42.7 Å². The highest BCUT2D eigenvalue weighted by molar-refractivity contribution is 5.93. The highest BCUT2D eigenvalue weighted by Crippen LogP contribution is 2.29. The maximum absolute atomic E-state index is 4.72. The average molecular weight is 252 g/mol. The smallest absolute Gasteiger partial charge is 0.0761 e. The van der Waals surface area contributed by atoms with Gasteiger partial charge < -0.3 is 4.90 Å². The summed E-state index contributed by atoms with van der Waals surface area (Å²) in [7, 11) is 6.01. The van der Waals surface area contributed by atoms with Crippen molar-refractivity contribution in [1.82, 2.24) is 14.8 Å². The molecule has 0 radical (unpaired) electrons. The van der Waals surface area contributed by atoms with Crippen LogP contribution in [0.15, 0.2) is 42.7 Å². The molecule has 0 saturated carbocycles. The quantitative estimate of drug-likeness (QED) is 0.703. The third-order valence-corrected chi connectivity index (χ3v) is 3.18. The van der Waals surface area contributed by atoms with Gasteiger partial charge in [0.25, 0.3) is 0 Å². The Labute approximate surface area is 112 Å². The Balaban J connectivity index is 2.27. The predicted molar refractivity (Wildman–Crippen MR) is 78.3 cm³/mol. The van der Waals surface area contributed by atoms with Crippen LogP contribution in [0.3, 0.4) is 0 Å². The summed E-state index contributed by atoms with van der Waals surface area (Å²) in [5, 5.41) is 5.38. The fourth-order valence-corrected chi connectivity index (χ4v) is 2.23. The predicted octanol–water partition coefficient (Wildman–Crippen LogP) is 2.70. The molecule has 0 amide bonds. The number of nitrogens with zero attached hydrogens (tertiary/aromatic N) is 4. The molecule has 0 aliphatic heterocycles. The van der Waals surface area contributed by atoms with Gasteiger partial charge in [-0.25, -0.2) is 4.98 Å². The number of aromatic nitrogens is 3. The summed E-state index contributed by atoms with van der Waals surface area (Å²) in [5.74, 6) is 0. The molecule has 0 saturated heterocycles. The lowest BCUT2D eigenvalue weighted by Gasteiger charge is -2.16. The highest BCUT2D eigenvalue weighted by Gasteiger charge is 2.09. The van der Waals surface area contributed by atoms with Crippen molar-refractivity contribution in [3.63, 3.8) is 0 Å². The first-order valence-electron chi connectivity index (χ1n) is 6.21. The summed E-state index contributed by atoms with van der Waals surface area (Å²) < 4.78 is 1.79. The lowest BCUT2D eigenvalue weighted by Crippen LogP contribution is -2.09.